The van der Waals surface area contributed by atoms with Gasteiger partial charge in [-0.25, -0.2) is 0 Å². The molecule has 34 heavy (non-hydrogen) atoms. The number of hydrogen-bond donors (Lipinski definition) is 3. The normalized spacial score (nSPS) is 15.1. The van der Waals surface area contributed by atoms with Crippen LogP contribution in [0.15, 0.2) is 75.0 Å². The molecule has 4 rings (SSSR count). The highest BCUT2D eigenvalue weighted by molar-refractivity contribution is 7.19. The summed E-state index contributed by atoms with van der Waals surface area (Å²) in [4.78, 5) is 6.16. The van der Waals surface area contributed by atoms with E-state index in [1.54, 1.807) is 12.1 Å². The van der Waals surface area contributed by atoms with Crippen molar-refractivity contribution in [2.75, 3.05) is 37.2 Å². The third kappa shape index (κ3) is 6.50. The first-order chi connectivity index (χ1) is 16.6. The number of aromatic nitrogens is 1. The summed E-state index contributed by atoms with van der Waals surface area (Å²) in [7, 11) is 0. The molecule has 1 saturated heterocycles. The van der Waals surface area contributed by atoms with Gasteiger partial charge in [-0.1, -0.05) is 41.1 Å². The predicted octanol–water partition coefficient (Wildman–Crippen LogP) is 5.46. The minimum Gasteiger partial charge on any atom is -0.491 e. The topological polar surface area (TPSA) is 119 Å². The van der Waals surface area contributed by atoms with E-state index in [2.05, 4.69) is 41.2 Å². The molecular formula is C22H23ClN8O2S. The molecule has 2 aromatic carbocycles. The minimum absolute atomic E-state index is 0.216. The van der Waals surface area contributed by atoms with Gasteiger partial charge in [-0.05, 0) is 43.3 Å². The number of amidine groups is 1. The molecule has 0 saturated carbocycles. The fourth-order valence-corrected chi connectivity index (χ4v) is 3.75. The van der Waals surface area contributed by atoms with E-state index in [0.29, 0.717) is 53.7 Å². The second kappa shape index (κ2) is 11.5. The Labute approximate surface area is 205 Å². The average Bonchev–Trinajstić information content (AvgIpc) is 3.23. The lowest BCUT2D eigenvalue weighted by atomic mass is 10.3. The van der Waals surface area contributed by atoms with Crippen LogP contribution in [0, 0.1) is 0 Å². The maximum atomic E-state index is 10.1. The summed E-state index contributed by atoms with van der Waals surface area (Å²) < 4.78 is 5.46. The SMILES string of the molecule is CC(=N\Nc1nc(O)c(N=Nc2ccccc2)s1)/C(=N/Nc1ccc(Cl)cc1)N1CCOCC1. The van der Waals surface area contributed by atoms with Crippen molar-refractivity contribution in [1.29, 1.82) is 0 Å². The zero-order chi connectivity index (χ0) is 23.8. The summed E-state index contributed by atoms with van der Waals surface area (Å²) in [5.41, 5.74) is 8.04. The summed E-state index contributed by atoms with van der Waals surface area (Å²) >= 11 is 7.10. The maximum Gasteiger partial charge on any atom is 0.253 e. The zero-order valence-electron chi connectivity index (χ0n) is 18.3. The summed E-state index contributed by atoms with van der Waals surface area (Å²) in [5, 5.41) is 28.6. The molecule has 0 atom stereocenters. The molecule has 1 aliphatic heterocycles. The monoisotopic (exact) mass is 498 g/mol. The molecule has 2 heterocycles. The Balaban J connectivity index is 1.48. The number of anilines is 2. The Hall–Kier alpha value is -3.54. The van der Waals surface area contributed by atoms with Gasteiger partial charge >= 0.3 is 0 Å². The standard InChI is InChI=1S/C22H23ClN8O2S/c1-15(19(31-11-13-33-14-12-31)28-26-18-9-7-16(23)8-10-18)25-30-22-24-20(32)21(34-22)29-27-17-5-3-2-4-6-17/h2-10,26,32H,11-14H2,1H3,(H,24,30)/b25-15+,28-19-,29-27?. The lowest BCUT2D eigenvalue weighted by Crippen LogP contribution is -2.44. The minimum atomic E-state index is -0.216. The quantitative estimate of drug-likeness (QED) is 0.172. The van der Waals surface area contributed by atoms with E-state index in [9.17, 15) is 5.11 Å². The number of benzene rings is 2. The molecule has 0 aliphatic carbocycles. The van der Waals surface area contributed by atoms with Crippen molar-refractivity contribution in [2.45, 2.75) is 6.92 Å². The fourth-order valence-electron chi connectivity index (χ4n) is 2.99. The van der Waals surface area contributed by atoms with Crippen LogP contribution in [-0.2, 0) is 4.74 Å². The molecule has 0 spiro atoms. The highest BCUT2D eigenvalue weighted by Crippen LogP contribution is 2.37. The van der Waals surface area contributed by atoms with Gasteiger partial charge < -0.3 is 14.7 Å². The number of thiazole rings is 1. The highest BCUT2D eigenvalue weighted by Gasteiger charge is 2.18. The van der Waals surface area contributed by atoms with Crippen LogP contribution in [0.5, 0.6) is 5.88 Å². The highest BCUT2D eigenvalue weighted by atomic mass is 35.5. The van der Waals surface area contributed by atoms with Crippen molar-refractivity contribution in [3.8, 4) is 5.88 Å². The van der Waals surface area contributed by atoms with E-state index in [1.807, 2.05) is 49.4 Å². The van der Waals surface area contributed by atoms with Crippen LogP contribution >= 0.6 is 22.9 Å². The van der Waals surface area contributed by atoms with Gasteiger partial charge in [0, 0.05) is 18.1 Å². The molecule has 176 valence electrons. The lowest BCUT2D eigenvalue weighted by Gasteiger charge is -2.29. The van der Waals surface area contributed by atoms with Crippen LogP contribution in [0.25, 0.3) is 0 Å². The molecule has 0 radical (unpaired) electrons. The van der Waals surface area contributed by atoms with Crippen molar-refractivity contribution in [1.82, 2.24) is 9.88 Å². The third-order valence-electron chi connectivity index (χ3n) is 4.69. The first-order valence-corrected chi connectivity index (χ1v) is 11.7. The zero-order valence-corrected chi connectivity index (χ0v) is 19.9. The van der Waals surface area contributed by atoms with Gasteiger partial charge in [0.2, 0.25) is 10.1 Å². The van der Waals surface area contributed by atoms with Crippen LogP contribution in [0.1, 0.15) is 6.92 Å². The summed E-state index contributed by atoms with van der Waals surface area (Å²) in [6, 6.07) is 16.5. The molecule has 1 aromatic heterocycles. The van der Waals surface area contributed by atoms with Gasteiger partial charge in [-0.2, -0.15) is 15.2 Å². The average molecular weight is 499 g/mol. The van der Waals surface area contributed by atoms with E-state index in [4.69, 9.17) is 16.3 Å². The Bertz CT molecular complexity index is 1180. The Morgan fingerprint density at radius 2 is 1.76 bits per heavy atom. The largest absolute Gasteiger partial charge is 0.491 e. The van der Waals surface area contributed by atoms with Crippen molar-refractivity contribution in [2.24, 2.45) is 20.4 Å². The Kier molecular flexibility index (Phi) is 8.02. The maximum absolute atomic E-state index is 10.1. The molecule has 3 aromatic rings. The molecule has 1 fully saturated rings. The molecule has 1 aliphatic rings. The summed E-state index contributed by atoms with van der Waals surface area (Å²) in [6.45, 7) is 4.44. The van der Waals surface area contributed by atoms with Crippen molar-refractivity contribution in [3.05, 3.63) is 59.6 Å². The van der Waals surface area contributed by atoms with E-state index in [0.717, 1.165) is 17.0 Å². The van der Waals surface area contributed by atoms with Gasteiger partial charge in [0.1, 0.15) is 5.71 Å². The Morgan fingerprint density at radius 3 is 2.50 bits per heavy atom. The molecule has 0 unspecified atom stereocenters. The molecular weight excluding hydrogens is 476 g/mol. The molecule has 0 bridgehead atoms. The number of azo groups is 1. The number of halogens is 1. The molecule has 0 amide bonds. The number of aromatic hydroxyl groups is 1. The van der Waals surface area contributed by atoms with Crippen LogP contribution in [0.2, 0.25) is 5.02 Å². The fraction of sp³-hybridized carbons (Fsp3) is 0.227. The number of nitrogens with zero attached hydrogens (tertiary/aromatic N) is 6. The van der Waals surface area contributed by atoms with Gasteiger partial charge in [0.05, 0.1) is 24.6 Å². The first-order valence-electron chi connectivity index (χ1n) is 10.5. The van der Waals surface area contributed by atoms with Gasteiger partial charge in [-0.3, -0.25) is 10.9 Å². The molecule has 3 N–H and O–H groups in total. The summed E-state index contributed by atoms with van der Waals surface area (Å²) in [5.74, 6) is 0.446. The number of hydrazone groups is 2. The molecule has 12 heteroatoms. The van der Waals surface area contributed by atoms with Gasteiger partial charge in [0.15, 0.2) is 5.84 Å². The van der Waals surface area contributed by atoms with E-state index >= 15 is 0 Å². The van der Waals surface area contributed by atoms with Crippen molar-refractivity contribution in [3.63, 3.8) is 0 Å². The number of nitrogens with one attached hydrogen (secondary N) is 2. The van der Waals surface area contributed by atoms with Crippen LogP contribution in [0.3, 0.4) is 0 Å². The van der Waals surface area contributed by atoms with E-state index in [-0.39, 0.29) is 10.9 Å². The van der Waals surface area contributed by atoms with Crippen molar-refractivity contribution < 1.29 is 9.84 Å². The van der Waals surface area contributed by atoms with Crippen molar-refractivity contribution >= 4 is 56.0 Å². The third-order valence-corrected chi connectivity index (χ3v) is 5.78. The second-order valence-corrected chi connectivity index (χ2v) is 8.56. The number of hydrogen-bond acceptors (Lipinski definition) is 10. The van der Waals surface area contributed by atoms with Gasteiger partial charge in [0.25, 0.3) is 5.88 Å². The van der Waals surface area contributed by atoms with Crippen LogP contribution in [-0.4, -0.2) is 52.8 Å². The van der Waals surface area contributed by atoms with E-state index < -0.39 is 0 Å². The van der Waals surface area contributed by atoms with E-state index in [1.165, 1.54) is 0 Å². The van der Waals surface area contributed by atoms with Crippen LogP contribution < -0.4 is 10.9 Å². The molecule has 10 nitrogen and oxygen atoms in total. The summed E-state index contributed by atoms with van der Waals surface area (Å²) in [6.07, 6.45) is 0. The predicted molar refractivity (Wildman–Crippen MR) is 136 cm³/mol. The first kappa shape index (κ1) is 23.6. The smallest absolute Gasteiger partial charge is 0.253 e. The number of ether oxygens (including phenoxy) is 1. The second-order valence-electron chi connectivity index (χ2n) is 7.15. The number of rotatable bonds is 7. The number of morpholine rings is 1. The lowest BCUT2D eigenvalue weighted by molar-refractivity contribution is 0.0688. The van der Waals surface area contributed by atoms with Crippen LogP contribution in [0.4, 0.5) is 21.5 Å². The van der Waals surface area contributed by atoms with Gasteiger partial charge in [-0.15, -0.1) is 10.2 Å². The Morgan fingerprint density at radius 1 is 1.03 bits per heavy atom.